The molecule has 0 unspecified atom stereocenters. The number of nitrogens with zero attached hydrogens (tertiary/aromatic N) is 3. The quantitative estimate of drug-likeness (QED) is 0.309. The summed E-state index contributed by atoms with van der Waals surface area (Å²) in [5.74, 6) is 0.0550. The van der Waals surface area contributed by atoms with Gasteiger partial charge in [0, 0.05) is 32.5 Å². The summed E-state index contributed by atoms with van der Waals surface area (Å²) in [5, 5.41) is 0. The second kappa shape index (κ2) is 11.8. The number of fused-ring (bicyclic) bond motifs is 1. The number of hydrogen-bond acceptors (Lipinski definition) is 8. The van der Waals surface area contributed by atoms with E-state index in [0.29, 0.717) is 31.9 Å². The Hall–Kier alpha value is -3.69. The van der Waals surface area contributed by atoms with Crippen molar-refractivity contribution in [1.82, 2.24) is 4.57 Å². The maximum Gasteiger partial charge on any atom is 0.338 e. The van der Waals surface area contributed by atoms with Gasteiger partial charge in [0.15, 0.2) is 4.80 Å². The Morgan fingerprint density at radius 3 is 2.50 bits per heavy atom. The lowest BCUT2D eigenvalue weighted by Crippen LogP contribution is -2.40. The molecule has 200 valence electrons. The first kappa shape index (κ1) is 27.3. The van der Waals surface area contributed by atoms with Gasteiger partial charge < -0.3 is 19.1 Å². The van der Waals surface area contributed by atoms with Crippen molar-refractivity contribution in [2.24, 2.45) is 4.99 Å². The third-order valence-corrected chi connectivity index (χ3v) is 7.03. The van der Waals surface area contributed by atoms with Crippen molar-refractivity contribution in [2.45, 2.75) is 32.9 Å². The number of hydrogen-bond donors (Lipinski definition) is 0. The lowest BCUT2D eigenvalue weighted by molar-refractivity contribution is -0.140. The number of anilines is 1. The van der Waals surface area contributed by atoms with Gasteiger partial charge in [-0.25, -0.2) is 9.79 Å². The van der Waals surface area contributed by atoms with Crippen molar-refractivity contribution in [3.8, 4) is 5.75 Å². The maximum absolute atomic E-state index is 13.9. The van der Waals surface area contributed by atoms with Crippen molar-refractivity contribution in [2.75, 3.05) is 39.3 Å². The van der Waals surface area contributed by atoms with Gasteiger partial charge in [-0.15, -0.1) is 0 Å². The number of aromatic nitrogens is 1. The number of rotatable bonds is 9. The van der Waals surface area contributed by atoms with E-state index >= 15 is 0 Å². The van der Waals surface area contributed by atoms with Crippen molar-refractivity contribution in [3.63, 3.8) is 0 Å². The molecule has 4 rings (SSSR count). The summed E-state index contributed by atoms with van der Waals surface area (Å²) in [6.45, 7) is 6.00. The highest BCUT2D eigenvalue weighted by molar-refractivity contribution is 7.07. The smallest absolute Gasteiger partial charge is 0.338 e. The van der Waals surface area contributed by atoms with E-state index in [1.807, 2.05) is 87.4 Å². The maximum atomic E-state index is 13.9. The van der Waals surface area contributed by atoms with E-state index in [9.17, 15) is 9.59 Å². The highest BCUT2D eigenvalue weighted by Crippen LogP contribution is 2.36. The second-order valence-electron chi connectivity index (χ2n) is 9.40. The van der Waals surface area contributed by atoms with Crippen molar-refractivity contribution in [3.05, 3.63) is 90.6 Å². The van der Waals surface area contributed by atoms with Crippen LogP contribution < -0.4 is 24.5 Å². The summed E-state index contributed by atoms with van der Waals surface area (Å²) in [4.78, 5) is 34.4. The van der Waals surface area contributed by atoms with E-state index in [1.54, 1.807) is 18.6 Å². The second-order valence-corrected chi connectivity index (χ2v) is 10.4. The summed E-state index contributed by atoms with van der Waals surface area (Å²) >= 11 is 1.30. The van der Waals surface area contributed by atoms with E-state index in [0.717, 1.165) is 11.3 Å². The third kappa shape index (κ3) is 5.74. The first-order valence-corrected chi connectivity index (χ1v) is 13.2. The van der Waals surface area contributed by atoms with Gasteiger partial charge in [0.2, 0.25) is 0 Å². The fraction of sp³-hybridized carbons (Fsp3) is 0.345. The monoisotopic (exact) mass is 535 g/mol. The summed E-state index contributed by atoms with van der Waals surface area (Å²) in [6.07, 6.45) is 1.76. The molecule has 1 aliphatic heterocycles. The molecule has 0 aliphatic carbocycles. The Bertz CT molecular complexity index is 1520. The summed E-state index contributed by atoms with van der Waals surface area (Å²) in [6, 6.07) is 14.7. The van der Waals surface area contributed by atoms with E-state index in [1.165, 1.54) is 11.3 Å². The molecule has 2 heterocycles. The summed E-state index contributed by atoms with van der Waals surface area (Å²) in [7, 11) is 5.50. The molecular weight excluding hydrogens is 502 g/mol. The molecule has 2 aromatic carbocycles. The van der Waals surface area contributed by atoms with Gasteiger partial charge in [-0.3, -0.25) is 9.36 Å². The number of para-hydroxylation sites is 1. The van der Waals surface area contributed by atoms with Gasteiger partial charge in [0.1, 0.15) is 18.4 Å². The van der Waals surface area contributed by atoms with Crippen LogP contribution in [0, 0.1) is 0 Å². The first-order valence-electron chi connectivity index (χ1n) is 12.4. The van der Waals surface area contributed by atoms with Crippen LogP contribution in [-0.2, 0) is 14.3 Å². The molecule has 0 amide bonds. The van der Waals surface area contributed by atoms with Crippen molar-refractivity contribution < 1.29 is 19.0 Å². The van der Waals surface area contributed by atoms with Gasteiger partial charge in [0.25, 0.3) is 5.56 Å². The number of carbonyl (C=O) groups is 1. The SMILES string of the molecule is COCCOC(=O)C1=C(C)N=c2s/c(=C/c3ccc(N(C)C)cc3)c(=O)n2[C@H]1c1ccccc1OC(C)C. The third-order valence-electron chi connectivity index (χ3n) is 6.05. The van der Waals surface area contributed by atoms with E-state index in [-0.39, 0.29) is 24.9 Å². The average Bonchev–Trinajstić information content (AvgIpc) is 3.18. The Kier molecular flexibility index (Phi) is 8.48. The fourth-order valence-corrected chi connectivity index (χ4v) is 5.31. The van der Waals surface area contributed by atoms with Crippen LogP contribution in [-0.4, -0.2) is 51.1 Å². The number of carbonyl (C=O) groups excluding carboxylic acids is 1. The van der Waals surface area contributed by atoms with E-state index in [4.69, 9.17) is 14.2 Å². The highest BCUT2D eigenvalue weighted by Gasteiger charge is 2.35. The number of methoxy groups -OCH3 is 1. The lowest BCUT2D eigenvalue weighted by atomic mass is 9.95. The van der Waals surface area contributed by atoms with Crippen LogP contribution >= 0.6 is 11.3 Å². The van der Waals surface area contributed by atoms with Crippen molar-refractivity contribution in [1.29, 1.82) is 0 Å². The van der Waals surface area contributed by atoms with Gasteiger partial charge in [-0.1, -0.05) is 41.7 Å². The molecule has 0 spiro atoms. The Labute approximate surface area is 226 Å². The number of esters is 1. The zero-order chi connectivity index (χ0) is 27.4. The van der Waals surface area contributed by atoms with E-state index < -0.39 is 12.0 Å². The predicted molar refractivity (Wildman–Crippen MR) is 150 cm³/mol. The Morgan fingerprint density at radius 2 is 1.84 bits per heavy atom. The molecule has 0 fully saturated rings. The fourth-order valence-electron chi connectivity index (χ4n) is 4.26. The minimum atomic E-state index is -0.755. The van der Waals surface area contributed by atoms with Crippen LogP contribution in [0.1, 0.15) is 37.9 Å². The largest absolute Gasteiger partial charge is 0.491 e. The first-order chi connectivity index (χ1) is 18.2. The molecule has 38 heavy (non-hydrogen) atoms. The molecule has 1 aliphatic rings. The standard InChI is InChI=1S/C29H33N3O5S/c1-18(2)37-23-10-8-7-9-22(23)26-25(28(34)36-16-15-35-6)19(3)30-29-32(26)27(33)24(38-29)17-20-11-13-21(14-12-20)31(4)5/h7-14,17-18,26H,15-16H2,1-6H3/b24-17+/t26-/m0/s1. The molecule has 3 aromatic rings. The highest BCUT2D eigenvalue weighted by atomic mass is 32.1. The number of thiazole rings is 1. The number of allylic oxidation sites excluding steroid dienone is 1. The zero-order valence-electron chi connectivity index (χ0n) is 22.6. The van der Waals surface area contributed by atoms with Gasteiger partial charge in [-0.05, 0) is 50.6 Å². The minimum absolute atomic E-state index is 0.0936. The van der Waals surface area contributed by atoms with Gasteiger partial charge in [-0.2, -0.15) is 0 Å². The molecule has 1 aromatic heterocycles. The molecule has 0 saturated heterocycles. The van der Waals surface area contributed by atoms with Crippen LogP contribution in [0.15, 0.2) is 69.6 Å². The molecule has 0 bridgehead atoms. The van der Waals surface area contributed by atoms with Crippen LogP contribution in [0.2, 0.25) is 0 Å². The zero-order valence-corrected chi connectivity index (χ0v) is 23.4. The van der Waals surface area contributed by atoms with E-state index in [2.05, 4.69) is 4.99 Å². The van der Waals surface area contributed by atoms with Crippen LogP contribution in [0.4, 0.5) is 5.69 Å². The molecule has 8 nitrogen and oxygen atoms in total. The van der Waals surface area contributed by atoms with Crippen LogP contribution in [0.25, 0.3) is 6.08 Å². The number of ether oxygens (including phenoxy) is 3. The molecule has 9 heteroatoms. The molecule has 0 saturated carbocycles. The van der Waals surface area contributed by atoms with Crippen LogP contribution in [0.3, 0.4) is 0 Å². The van der Waals surface area contributed by atoms with Gasteiger partial charge in [0.05, 0.1) is 28.5 Å². The Balaban J connectivity index is 1.89. The molecule has 0 N–H and O–H groups in total. The molecule has 1 atom stereocenters. The van der Waals surface area contributed by atoms with Gasteiger partial charge >= 0.3 is 5.97 Å². The topological polar surface area (TPSA) is 82.4 Å². The summed E-state index contributed by atoms with van der Waals surface area (Å²) in [5.41, 5.74) is 3.23. The average molecular weight is 536 g/mol. The van der Waals surface area contributed by atoms with Crippen LogP contribution in [0.5, 0.6) is 5.75 Å². The Morgan fingerprint density at radius 1 is 1.13 bits per heavy atom. The predicted octanol–water partition coefficient (Wildman–Crippen LogP) is 3.28. The normalized spacial score (nSPS) is 15.3. The molecule has 0 radical (unpaired) electrons. The van der Waals surface area contributed by atoms with Crippen molar-refractivity contribution >= 4 is 29.1 Å². The summed E-state index contributed by atoms with van der Waals surface area (Å²) < 4.78 is 18.7. The minimum Gasteiger partial charge on any atom is -0.491 e. The number of benzene rings is 2. The lowest BCUT2D eigenvalue weighted by Gasteiger charge is -2.27. The molecular formula is C29H33N3O5S.